The van der Waals surface area contributed by atoms with Crippen molar-refractivity contribution in [1.82, 2.24) is 14.9 Å². The van der Waals surface area contributed by atoms with Crippen molar-refractivity contribution in [1.29, 1.82) is 0 Å². The van der Waals surface area contributed by atoms with Gasteiger partial charge in [0.2, 0.25) is 0 Å². The molecule has 1 aliphatic rings. The monoisotopic (exact) mass is 319 g/mol. The molecule has 1 amide bonds. The number of hydrogen-bond acceptors (Lipinski definition) is 4. The summed E-state index contributed by atoms with van der Waals surface area (Å²) in [5.74, 6) is 0.0349. The highest BCUT2D eigenvalue weighted by Gasteiger charge is 2.20. The molecule has 0 aliphatic heterocycles. The quantitative estimate of drug-likeness (QED) is 0.889. The predicted octanol–water partition coefficient (Wildman–Crippen LogP) is 2.40. The molecule has 0 spiro atoms. The van der Waals surface area contributed by atoms with Gasteiger partial charge in [0.1, 0.15) is 0 Å². The van der Waals surface area contributed by atoms with Crippen molar-refractivity contribution in [3.63, 3.8) is 0 Å². The number of hydrogen-bond donors (Lipinski definition) is 1. The summed E-state index contributed by atoms with van der Waals surface area (Å²) < 4.78 is 7.09. The number of carbonyl (C=O) groups is 1. The Morgan fingerprint density at radius 1 is 1.45 bits per heavy atom. The number of aromatic nitrogens is 2. The van der Waals surface area contributed by atoms with Crippen LogP contribution < -0.4 is 5.32 Å². The fraction of sp³-hybridized carbons (Fsp3) is 0.500. The molecule has 3 rings (SSSR count). The maximum atomic E-state index is 12.4. The number of nitrogens with zero attached hydrogens (tertiary/aromatic N) is 2. The Labute approximate surface area is 134 Å². The molecule has 0 unspecified atom stereocenters. The molecule has 2 heterocycles. The molecule has 2 aromatic heterocycles. The van der Waals surface area contributed by atoms with Gasteiger partial charge in [0, 0.05) is 19.9 Å². The van der Waals surface area contributed by atoms with Gasteiger partial charge < -0.3 is 14.6 Å². The average Bonchev–Trinajstić information content (AvgIpc) is 3.17. The van der Waals surface area contributed by atoms with Gasteiger partial charge in [-0.2, -0.15) is 0 Å². The largest absolute Gasteiger partial charge is 0.383 e. The Balaban J connectivity index is 1.63. The van der Waals surface area contributed by atoms with Crippen LogP contribution >= 0.6 is 11.3 Å². The standard InChI is InChI=1S/C16H21N3O2S/c1-21-7-6-19-11-17-8-13(19)9-18-16(20)15-14-5-3-2-4-12(14)10-22-15/h8,10-11H,2-7,9H2,1H3,(H,18,20). The number of methoxy groups -OCH3 is 1. The van der Waals surface area contributed by atoms with E-state index in [0.717, 1.165) is 30.0 Å². The van der Waals surface area contributed by atoms with Crippen LogP contribution in [0.15, 0.2) is 17.9 Å². The number of imidazole rings is 1. The van der Waals surface area contributed by atoms with Gasteiger partial charge in [-0.1, -0.05) is 0 Å². The number of carbonyl (C=O) groups excluding carboxylic acids is 1. The lowest BCUT2D eigenvalue weighted by Crippen LogP contribution is -2.25. The first kappa shape index (κ1) is 15.2. The van der Waals surface area contributed by atoms with E-state index < -0.39 is 0 Å². The van der Waals surface area contributed by atoms with E-state index in [1.807, 2.05) is 4.57 Å². The second-order valence-electron chi connectivity index (χ2n) is 5.53. The van der Waals surface area contributed by atoms with E-state index in [-0.39, 0.29) is 5.91 Å². The van der Waals surface area contributed by atoms with Gasteiger partial charge in [-0.15, -0.1) is 11.3 Å². The fourth-order valence-electron chi connectivity index (χ4n) is 2.85. The van der Waals surface area contributed by atoms with Crippen LogP contribution in [0.25, 0.3) is 0 Å². The first-order chi connectivity index (χ1) is 10.8. The minimum Gasteiger partial charge on any atom is -0.383 e. The third-order valence-corrected chi connectivity index (χ3v) is 5.14. The normalized spacial score (nSPS) is 13.9. The van der Waals surface area contributed by atoms with Crippen molar-refractivity contribution in [2.24, 2.45) is 0 Å². The number of ether oxygens (including phenoxy) is 1. The molecule has 22 heavy (non-hydrogen) atoms. The number of thiophene rings is 1. The van der Waals surface area contributed by atoms with Crippen molar-refractivity contribution >= 4 is 17.2 Å². The van der Waals surface area contributed by atoms with Crippen LogP contribution in [-0.2, 0) is 30.7 Å². The van der Waals surface area contributed by atoms with E-state index in [9.17, 15) is 4.79 Å². The summed E-state index contributed by atoms with van der Waals surface area (Å²) in [6.07, 6.45) is 8.14. The zero-order valence-electron chi connectivity index (χ0n) is 12.8. The molecular formula is C16H21N3O2S. The van der Waals surface area contributed by atoms with Gasteiger partial charge in [0.15, 0.2) is 0 Å². The SMILES string of the molecule is COCCn1cncc1CNC(=O)c1scc2c1CCCC2. The third-order valence-electron chi connectivity index (χ3n) is 4.07. The fourth-order valence-corrected chi connectivity index (χ4v) is 3.92. The van der Waals surface area contributed by atoms with Crippen LogP contribution in [-0.4, -0.2) is 29.2 Å². The Hall–Kier alpha value is -1.66. The number of nitrogens with one attached hydrogen (secondary N) is 1. The lowest BCUT2D eigenvalue weighted by atomic mass is 9.94. The molecule has 2 aromatic rings. The highest BCUT2D eigenvalue weighted by atomic mass is 32.1. The minimum absolute atomic E-state index is 0.0349. The van der Waals surface area contributed by atoms with E-state index in [4.69, 9.17) is 4.74 Å². The lowest BCUT2D eigenvalue weighted by molar-refractivity contribution is 0.0953. The van der Waals surface area contributed by atoms with Gasteiger partial charge in [0.25, 0.3) is 5.91 Å². The Morgan fingerprint density at radius 2 is 2.32 bits per heavy atom. The predicted molar refractivity (Wildman–Crippen MR) is 86.2 cm³/mol. The minimum atomic E-state index is 0.0349. The van der Waals surface area contributed by atoms with Crippen molar-refractivity contribution in [3.8, 4) is 0 Å². The maximum Gasteiger partial charge on any atom is 0.261 e. The molecule has 0 fully saturated rings. The Morgan fingerprint density at radius 3 is 3.18 bits per heavy atom. The average molecular weight is 319 g/mol. The summed E-state index contributed by atoms with van der Waals surface area (Å²) in [6, 6.07) is 0. The highest BCUT2D eigenvalue weighted by molar-refractivity contribution is 7.12. The lowest BCUT2D eigenvalue weighted by Gasteiger charge is -2.13. The highest BCUT2D eigenvalue weighted by Crippen LogP contribution is 2.29. The number of aryl methyl sites for hydroxylation is 1. The first-order valence-corrected chi connectivity index (χ1v) is 8.53. The van der Waals surface area contributed by atoms with Crippen LogP contribution in [0.1, 0.15) is 39.3 Å². The Kier molecular flexibility index (Phi) is 4.90. The smallest absolute Gasteiger partial charge is 0.261 e. The van der Waals surface area contributed by atoms with E-state index in [1.165, 1.54) is 24.0 Å². The molecule has 0 aromatic carbocycles. The molecule has 0 atom stereocenters. The molecule has 5 nitrogen and oxygen atoms in total. The topological polar surface area (TPSA) is 56.1 Å². The number of amides is 1. The number of rotatable bonds is 6. The molecule has 6 heteroatoms. The van der Waals surface area contributed by atoms with Crippen LogP contribution in [0.4, 0.5) is 0 Å². The van der Waals surface area contributed by atoms with Gasteiger partial charge >= 0.3 is 0 Å². The summed E-state index contributed by atoms with van der Waals surface area (Å²) in [4.78, 5) is 17.5. The molecule has 0 radical (unpaired) electrons. The van der Waals surface area contributed by atoms with E-state index >= 15 is 0 Å². The van der Waals surface area contributed by atoms with E-state index in [1.54, 1.807) is 31.0 Å². The maximum absolute atomic E-state index is 12.4. The van der Waals surface area contributed by atoms with Gasteiger partial charge in [-0.3, -0.25) is 4.79 Å². The molecule has 118 valence electrons. The van der Waals surface area contributed by atoms with Gasteiger partial charge in [-0.25, -0.2) is 4.98 Å². The van der Waals surface area contributed by atoms with Crippen LogP contribution in [0, 0.1) is 0 Å². The zero-order valence-corrected chi connectivity index (χ0v) is 13.6. The second kappa shape index (κ2) is 7.07. The molecule has 1 aliphatic carbocycles. The molecule has 0 saturated carbocycles. The third kappa shape index (κ3) is 3.23. The summed E-state index contributed by atoms with van der Waals surface area (Å²) in [6.45, 7) is 1.88. The summed E-state index contributed by atoms with van der Waals surface area (Å²) >= 11 is 1.57. The van der Waals surface area contributed by atoms with Gasteiger partial charge in [-0.05, 0) is 42.2 Å². The van der Waals surface area contributed by atoms with E-state index in [2.05, 4.69) is 15.7 Å². The molecule has 0 saturated heterocycles. The van der Waals surface area contributed by atoms with Crippen LogP contribution in [0.5, 0.6) is 0 Å². The van der Waals surface area contributed by atoms with E-state index in [0.29, 0.717) is 13.2 Å². The molecule has 0 bridgehead atoms. The van der Waals surface area contributed by atoms with Crippen molar-refractivity contribution in [2.45, 2.75) is 38.8 Å². The Bertz CT molecular complexity index is 648. The van der Waals surface area contributed by atoms with Crippen LogP contribution in [0.2, 0.25) is 0 Å². The summed E-state index contributed by atoms with van der Waals surface area (Å²) in [5, 5.41) is 5.17. The number of fused-ring (bicyclic) bond motifs is 1. The second-order valence-corrected chi connectivity index (χ2v) is 6.41. The first-order valence-electron chi connectivity index (χ1n) is 7.65. The summed E-state index contributed by atoms with van der Waals surface area (Å²) in [7, 11) is 1.68. The van der Waals surface area contributed by atoms with Crippen molar-refractivity contribution in [2.75, 3.05) is 13.7 Å². The molecular weight excluding hydrogens is 298 g/mol. The summed E-state index contributed by atoms with van der Waals surface area (Å²) in [5.41, 5.74) is 3.63. The zero-order chi connectivity index (χ0) is 15.4. The van der Waals surface area contributed by atoms with Crippen LogP contribution in [0.3, 0.4) is 0 Å². The molecule has 1 N–H and O–H groups in total. The van der Waals surface area contributed by atoms with Crippen molar-refractivity contribution < 1.29 is 9.53 Å². The van der Waals surface area contributed by atoms with Crippen molar-refractivity contribution in [3.05, 3.63) is 39.6 Å². The van der Waals surface area contributed by atoms with Gasteiger partial charge in [0.05, 0.1) is 30.1 Å².